The van der Waals surface area contributed by atoms with Crippen molar-refractivity contribution < 1.29 is 9.53 Å². The third-order valence-corrected chi connectivity index (χ3v) is 3.36. The Labute approximate surface area is 136 Å². The molecule has 4 nitrogen and oxygen atoms in total. The number of hydrogen-bond acceptors (Lipinski definition) is 3. The molecule has 0 saturated carbocycles. The second-order valence-corrected chi connectivity index (χ2v) is 5.44. The first-order chi connectivity index (χ1) is 10.1. The number of anilines is 1. The summed E-state index contributed by atoms with van der Waals surface area (Å²) in [6.45, 7) is 0. The van der Waals surface area contributed by atoms with Gasteiger partial charge in [0.25, 0.3) is 5.91 Å². The van der Waals surface area contributed by atoms with Crippen LogP contribution < -0.4 is 15.4 Å². The third kappa shape index (κ3) is 4.27. The zero-order valence-corrected chi connectivity index (χ0v) is 13.6. The minimum absolute atomic E-state index is 0.230. The fraction of sp³-hybridized carbons (Fsp3) is 0.0667. The first-order valence-electron chi connectivity index (χ1n) is 6.11. The summed E-state index contributed by atoms with van der Waals surface area (Å²) in [5, 5.41) is 5.80. The van der Waals surface area contributed by atoms with Crippen LogP contribution in [0.3, 0.4) is 0 Å². The molecule has 0 radical (unpaired) electrons. The monoisotopic (exact) mass is 364 g/mol. The van der Waals surface area contributed by atoms with Crippen molar-refractivity contribution in [1.82, 2.24) is 5.32 Å². The van der Waals surface area contributed by atoms with Crippen molar-refractivity contribution in [3.8, 4) is 5.75 Å². The van der Waals surface area contributed by atoms with E-state index in [2.05, 4.69) is 26.6 Å². The maximum Gasteiger partial charge on any atom is 0.261 e. The minimum Gasteiger partial charge on any atom is -0.496 e. The summed E-state index contributed by atoms with van der Waals surface area (Å²) in [5.41, 5.74) is 1.22. The van der Waals surface area contributed by atoms with Crippen LogP contribution in [0.2, 0.25) is 0 Å². The second kappa shape index (κ2) is 7.19. The van der Waals surface area contributed by atoms with Gasteiger partial charge in [0.2, 0.25) is 0 Å². The highest BCUT2D eigenvalue weighted by Gasteiger charge is 2.14. The molecule has 0 aliphatic rings. The van der Waals surface area contributed by atoms with E-state index in [9.17, 15) is 4.79 Å². The first-order valence-corrected chi connectivity index (χ1v) is 7.31. The number of benzene rings is 2. The fourth-order valence-electron chi connectivity index (χ4n) is 1.71. The number of methoxy groups -OCH3 is 1. The van der Waals surface area contributed by atoms with Crippen LogP contribution in [-0.4, -0.2) is 18.1 Å². The lowest BCUT2D eigenvalue weighted by Gasteiger charge is -2.11. The molecule has 0 aliphatic carbocycles. The van der Waals surface area contributed by atoms with E-state index in [-0.39, 0.29) is 11.0 Å². The molecule has 1 amide bonds. The normalized spacial score (nSPS) is 9.81. The zero-order chi connectivity index (χ0) is 15.2. The minimum atomic E-state index is -0.332. The number of carbonyl (C=O) groups excluding carboxylic acids is 1. The Balaban J connectivity index is 2.07. The van der Waals surface area contributed by atoms with Crippen molar-refractivity contribution in [3.63, 3.8) is 0 Å². The van der Waals surface area contributed by atoms with Gasteiger partial charge in [-0.3, -0.25) is 10.1 Å². The van der Waals surface area contributed by atoms with Gasteiger partial charge in [-0.25, -0.2) is 0 Å². The van der Waals surface area contributed by atoms with E-state index in [0.29, 0.717) is 11.3 Å². The Hall–Kier alpha value is -1.92. The van der Waals surface area contributed by atoms with Gasteiger partial charge in [-0.15, -0.1) is 0 Å². The van der Waals surface area contributed by atoms with Crippen molar-refractivity contribution in [2.24, 2.45) is 0 Å². The highest BCUT2D eigenvalue weighted by molar-refractivity contribution is 9.10. The molecule has 2 N–H and O–H groups in total. The average Bonchev–Trinajstić information content (AvgIpc) is 2.48. The molecule has 2 aromatic rings. The number of nitrogens with one attached hydrogen (secondary N) is 2. The van der Waals surface area contributed by atoms with Gasteiger partial charge in [-0.05, 0) is 42.5 Å². The van der Waals surface area contributed by atoms with Crippen LogP contribution in [0.4, 0.5) is 5.69 Å². The number of halogens is 1. The summed E-state index contributed by atoms with van der Waals surface area (Å²) in [6, 6.07) is 14.6. The molecule has 0 spiro atoms. The van der Waals surface area contributed by atoms with Gasteiger partial charge >= 0.3 is 0 Å². The van der Waals surface area contributed by atoms with Crippen molar-refractivity contribution in [2.75, 3.05) is 12.4 Å². The number of para-hydroxylation sites is 1. The summed E-state index contributed by atoms with van der Waals surface area (Å²) in [7, 11) is 1.51. The number of rotatable bonds is 3. The number of ether oxygens (including phenoxy) is 1. The van der Waals surface area contributed by atoms with Gasteiger partial charge < -0.3 is 10.1 Å². The number of carbonyl (C=O) groups is 1. The second-order valence-electron chi connectivity index (χ2n) is 4.12. The van der Waals surface area contributed by atoms with Crippen LogP contribution in [-0.2, 0) is 0 Å². The average molecular weight is 365 g/mol. The Morgan fingerprint density at radius 2 is 1.90 bits per heavy atom. The van der Waals surface area contributed by atoms with Crippen molar-refractivity contribution >= 4 is 44.9 Å². The van der Waals surface area contributed by atoms with E-state index in [1.54, 1.807) is 18.2 Å². The standard InChI is InChI=1S/C15H13BrN2O2S/c1-20-13-8-7-10(16)9-12(13)14(19)18-15(21)17-11-5-3-2-4-6-11/h2-9H,1H3,(H2,17,18,19,21). The molecule has 108 valence electrons. The molecule has 2 aromatic carbocycles. The van der Waals surface area contributed by atoms with E-state index in [0.717, 1.165) is 10.2 Å². The first kappa shape index (κ1) is 15.5. The molecule has 0 aliphatic heterocycles. The smallest absolute Gasteiger partial charge is 0.261 e. The largest absolute Gasteiger partial charge is 0.496 e. The van der Waals surface area contributed by atoms with Crippen molar-refractivity contribution in [2.45, 2.75) is 0 Å². The Morgan fingerprint density at radius 1 is 1.19 bits per heavy atom. The fourth-order valence-corrected chi connectivity index (χ4v) is 2.28. The molecule has 21 heavy (non-hydrogen) atoms. The van der Waals surface area contributed by atoms with Crippen LogP contribution in [0.25, 0.3) is 0 Å². The van der Waals surface area contributed by atoms with Gasteiger partial charge in [0.05, 0.1) is 12.7 Å². The molecule has 0 fully saturated rings. The summed E-state index contributed by atoms with van der Waals surface area (Å²) in [4.78, 5) is 12.2. The lowest BCUT2D eigenvalue weighted by molar-refractivity contribution is 0.0974. The van der Waals surface area contributed by atoms with E-state index in [1.807, 2.05) is 30.3 Å². The molecule has 0 aromatic heterocycles. The van der Waals surface area contributed by atoms with E-state index in [4.69, 9.17) is 17.0 Å². The van der Waals surface area contributed by atoms with Gasteiger partial charge in [-0.2, -0.15) is 0 Å². The SMILES string of the molecule is COc1ccc(Br)cc1C(=O)NC(=S)Nc1ccccc1. The molecule has 0 bridgehead atoms. The summed E-state index contributed by atoms with van der Waals surface area (Å²) < 4.78 is 5.96. The summed E-state index contributed by atoms with van der Waals surface area (Å²) in [6.07, 6.45) is 0. The lowest BCUT2D eigenvalue weighted by Crippen LogP contribution is -2.34. The summed E-state index contributed by atoms with van der Waals surface area (Å²) in [5.74, 6) is 0.153. The number of hydrogen-bond donors (Lipinski definition) is 2. The van der Waals surface area contributed by atoms with E-state index in [1.165, 1.54) is 7.11 Å². The van der Waals surface area contributed by atoms with Crippen LogP contribution in [0.1, 0.15) is 10.4 Å². The molecular formula is C15H13BrN2O2S. The van der Waals surface area contributed by atoms with E-state index >= 15 is 0 Å². The molecule has 0 saturated heterocycles. The molecule has 0 heterocycles. The number of amides is 1. The topological polar surface area (TPSA) is 50.4 Å². The molecule has 2 rings (SSSR count). The predicted molar refractivity (Wildman–Crippen MR) is 90.8 cm³/mol. The highest BCUT2D eigenvalue weighted by Crippen LogP contribution is 2.22. The van der Waals surface area contributed by atoms with E-state index < -0.39 is 0 Å². The third-order valence-electron chi connectivity index (χ3n) is 2.66. The maximum atomic E-state index is 12.2. The quantitative estimate of drug-likeness (QED) is 0.817. The molecular weight excluding hydrogens is 352 g/mol. The van der Waals surface area contributed by atoms with Crippen molar-refractivity contribution in [1.29, 1.82) is 0 Å². The van der Waals surface area contributed by atoms with Crippen LogP contribution in [0, 0.1) is 0 Å². The van der Waals surface area contributed by atoms with Crippen LogP contribution in [0.5, 0.6) is 5.75 Å². The Kier molecular flexibility index (Phi) is 5.30. The lowest BCUT2D eigenvalue weighted by atomic mass is 10.2. The van der Waals surface area contributed by atoms with Crippen LogP contribution >= 0.6 is 28.1 Å². The highest BCUT2D eigenvalue weighted by atomic mass is 79.9. The van der Waals surface area contributed by atoms with Crippen LogP contribution in [0.15, 0.2) is 53.0 Å². The predicted octanol–water partition coefficient (Wildman–Crippen LogP) is 3.58. The van der Waals surface area contributed by atoms with Crippen molar-refractivity contribution in [3.05, 3.63) is 58.6 Å². The Bertz CT molecular complexity index is 662. The van der Waals surface area contributed by atoms with Gasteiger partial charge in [-0.1, -0.05) is 34.1 Å². The van der Waals surface area contributed by atoms with Gasteiger partial charge in [0, 0.05) is 10.2 Å². The number of thiocarbonyl (C=S) groups is 1. The van der Waals surface area contributed by atoms with Gasteiger partial charge in [0.1, 0.15) is 5.75 Å². The molecule has 0 unspecified atom stereocenters. The van der Waals surface area contributed by atoms with Gasteiger partial charge in [0.15, 0.2) is 5.11 Å². The molecule has 0 atom stereocenters. The Morgan fingerprint density at radius 3 is 2.57 bits per heavy atom. The summed E-state index contributed by atoms with van der Waals surface area (Å²) >= 11 is 8.46. The zero-order valence-electron chi connectivity index (χ0n) is 11.2. The molecule has 6 heteroatoms. The maximum absolute atomic E-state index is 12.2.